The number of carbonyl (C=O) groups excluding carboxylic acids is 1. The predicted molar refractivity (Wildman–Crippen MR) is 114 cm³/mol. The maximum Gasteiger partial charge on any atom is 0.491 e. The van der Waals surface area contributed by atoms with Crippen molar-refractivity contribution in [2.75, 3.05) is 24.5 Å². The summed E-state index contributed by atoms with van der Waals surface area (Å²) in [5, 5.41) is 2.88. The van der Waals surface area contributed by atoms with Crippen LogP contribution in [0.5, 0.6) is 0 Å². The minimum Gasteiger partial charge on any atom is -0.433 e. The second-order valence-corrected chi connectivity index (χ2v) is 7.50. The topological polar surface area (TPSA) is 103 Å². The van der Waals surface area contributed by atoms with E-state index in [1.165, 1.54) is 21.1 Å². The molecule has 0 radical (unpaired) electrons. The van der Waals surface area contributed by atoms with Crippen molar-refractivity contribution in [3.63, 3.8) is 0 Å². The summed E-state index contributed by atoms with van der Waals surface area (Å²) < 4.78 is 47.0. The number of hydrogen-bond donors (Lipinski definition) is 1. The van der Waals surface area contributed by atoms with E-state index in [2.05, 4.69) is 22.1 Å². The van der Waals surface area contributed by atoms with Gasteiger partial charge in [-0.05, 0) is 13.3 Å². The van der Waals surface area contributed by atoms with Crippen LogP contribution in [-0.2, 0) is 29.7 Å². The van der Waals surface area contributed by atoms with Gasteiger partial charge in [-0.2, -0.15) is 18.2 Å². The number of aromatic nitrogens is 4. The second-order valence-electron chi connectivity index (χ2n) is 7.50. The summed E-state index contributed by atoms with van der Waals surface area (Å²) in [4.78, 5) is 43.2. The van der Waals surface area contributed by atoms with Crippen molar-refractivity contribution in [3.8, 4) is 11.8 Å². The molecule has 3 rings (SSSR count). The zero-order chi connectivity index (χ0) is 24.3. The van der Waals surface area contributed by atoms with Crippen LogP contribution in [0.4, 0.5) is 19.1 Å². The van der Waals surface area contributed by atoms with Gasteiger partial charge in [0.25, 0.3) is 5.56 Å². The summed E-state index contributed by atoms with van der Waals surface area (Å²) in [5.41, 5.74) is -0.924. The summed E-state index contributed by atoms with van der Waals surface area (Å²) in [6, 6.07) is 0. The first-order valence-corrected chi connectivity index (χ1v) is 10.5. The average molecular weight is 470 g/mol. The van der Waals surface area contributed by atoms with Crippen molar-refractivity contribution in [2.24, 2.45) is 7.05 Å². The Kier molecular flexibility index (Phi) is 7.16. The molecule has 1 saturated heterocycles. The number of imidazole rings is 1. The van der Waals surface area contributed by atoms with Gasteiger partial charge in [-0.15, -0.1) is 5.92 Å². The Labute approximate surface area is 186 Å². The Morgan fingerprint density at radius 1 is 1.30 bits per heavy atom. The zero-order valence-electron chi connectivity index (χ0n) is 18.5. The molecular weight excluding hydrogens is 445 g/mol. The number of halogens is 3. The smallest absolute Gasteiger partial charge is 0.433 e. The van der Waals surface area contributed by atoms with Crippen LogP contribution in [0.2, 0.25) is 0 Å². The van der Waals surface area contributed by atoms with Gasteiger partial charge in [-0.25, -0.2) is 9.59 Å². The molecule has 1 unspecified atom stereocenters. The lowest BCUT2D eigenvalue weighted by molar-refractivity contribution is -0.205. The largest absolute Gasteiger partial charge is 0.491 e. The van der Waals surface area contributed by atoms with Gasteiger partial charge in [0.05, 0.1) is 13.1 Å². The summed E-state index contributed by atoms with van der Waals surface area (Å²) in [6.07, 6.45) is -5.03. The van der Waals surface area contributed by atoms with E-state index in [0.29, 0.717) is 19.5 Å². The number of piperazine rings is 1. The van der Waals surface area contributed by atoms with Crippen LogP contribution in [-0.4, -0.2) is 56.7 Å². The van der Waals surface area contributed by atoms with Crippen LogP contribution in [0.1, 0.15) is 26.7 Å². The number of hydrogen-bond acceptors (Lipinski definition) is 7. The molecule has 0 amide bonds. The molecule has 10 nitrogen and oxygen atoms in total. The van der Waals surface area contributed by atoms with Crippen LogP contribution in [0.15, 0.2) is 9.59 Å². The highest BCUT2D eigenvalue weighted by atomic mass is 19.4. The van der Waals surface area contributed by atoms with Gasteiger partial charge in [0.15, 0.2) is 17.4 Å². The maximum absolute atomic E-state index is 13.0. The molecule has 1 aliphatic heterocycles. The van der Waals surface area contributed by atoms with E-state index in [1.54, 1.807) is 6.92 Å². The third-order valence-electron chi connectivity index (χ3n) is 5.29. The maximum atomic E-state index is 13.0. The third kappa shape index (κ3) is 4.75. The van der Waals surface area contributed by atoms with Gasteiger partial charge in [-0.1, -0.05) is 19.3 Å². The van der Waals surface area contributed by atoms with Crippen molar-refractivity contribution in [2.45, 2.75) is 52.2 Å². The number of aryl methyl sites for hydroxylation is 1. The predicted octanol–water partition coefficient (Wildman–Crippen LogP) is 0.561. The quantitative estimate of drug-likeness (QED) is 0.486. The fourth-order valence-corrected chi connectivity index (χ4v) is 3.59. The molecule has 2 aromatic heterocycles. The first-order valence-electron chi connectivity index (χ1n) is 10.5. The van der Waals surface area contributed by atoms with Gasteiger partial charge in [0, 0.05) is 26.7 Å². The number of rotatable bonds is 6. The molecule has 3 heterocycles. The van der Waals surface area contributed by atoms with E-state index in [1.807, 2.05) is 6.92 Å². The van der Waals surface area contributed by atoms with Gasteiger partial charge in [0.2, 0.25) is 5.95 Å². The minimum atomic E-state index is -5.16. The van der Waals surface area contributed by atoms with Crippen molar-refractivity contribution in [1.82, 2.24) is 24.0 Å². The number of ether oxygens (including phenoxy) is 1. The molecule has 1 fully saturated rings. The minimum absolute atomic E-state index is 0.00736. The zero-order valence-corrected chi connectivity index (χ0v) is 18.5. The molecule has 0 spiro atoms. The lowest BCUT2D eigenvalue weighted by Crippen LogP contribution is -2.55. The summed E-state index contributed by atoms with van der Waals surface area (Å²) in [7, 11) is 1.35. The van der Waals surface area contributed by atoms with Crippen LogP contribution < -0.4 is 21.5 Å². The Morgan fingerprint density at radius 2 is 2.03 bits per heavy atom. The Balaban J connectivity index is 2.22. The van der Waals surface area contributed by atoms with E-state index in [-0.39, 0.29) is 36.7 Å². The number of alkyl halides is 3. The van der Waals surface area contributed by atoms with Crippen molar-refractivity contribution in [3.05, 3.63) is 20.8 Å². The molecule has 180 valence electrons. The van der Waals surface area contributed by atoms with Crippen molar-refractivity contribution >= 4 is 23.1 Å². The molecule has 2 aromatic rings. The lowest BCUT2D eigenvalue weighted by atomic mass is 10.3. The molecule has 1 N–H and O–H groups in total. The van der Waals surface area contributed by atoms with Crippen LogP contribution in [0.3, 0.4) is 0 Å². The fourth-order valence-electron chi connectivity index (χ4n) is 3.59. The highest BCUT2D eigenvalue weighted by Crippen LogP contribution is 2.25. The van der Waals surface area contributed by atoms with Crippen LogP contribution in [0.25, 0.3) is 11.2 Å². The first kappa shape index (κ1) is 24.4. The first-order chi connectivity index (χ1) is 15.6. The van der Waals surface area contributed by atoms with E-state index in [4.69, 9.17) is 4.74 Å². The Hall–Kier alpha value is -3.27. The number of unbranched alkanes of at least 4 members (excludes halogenated alkanes) is 1. The van der Waals surface area contributed by atoms with E-state index in [9.17, 15) is 27.6 Å². The van der Waals surface area contributed by atoms with Gasteiger partial charge in [-0.3, -0.25) is 18.5 Å². The molecule has 1 aliphatic rings. The third-order valence-corrected chi connectivity index (χ3v) is 5.29. The summed E-state index contributed by atoms with van der Waals surface area (Å²) in [6.45, 7) is 4.32. The highest BCUT2D eigenvalue weighted by molar-refractivity contribution is 5.77. The number of fused-ring (bicyclic) bond motifs is 1. The molecule has 0 bridgehead atoms. The number of carbonyl (C=O) groups is 1. The monoisotopic (exact) mass is 470 g/mol. The highest BCUT2D eigenvalue weighted by Gasteiger charge is 2.44. The van der Waals surface area contributed by atoms with E-state index < -0.39 is 29.6 Å². The van der Waals surface area contributed by atoms with Crippen molar-refractivity contribution in [1.29, 1.82) is 0 Å². The molecule has 0 saturated carbocycles. The lowest BCUT2D eigenvalue weighted by Gasteiger charge is -2.36. The summed E-state index contributed by atoms with van der Waals surface area (Å²) >= 11 is 0. The van der Waals surface area contributed by atoms with Gasteiger partial charge >= 0.3 is 17.8 Å². The van der Waals surface area contributed by atoms with E-state index >= 15 is 0 Å². The fraction of sp³-hybridized carbons (Fsp3) is 0.600. The van der Waals surface area contributed by atoms with Crippen LogP contribution >= 0.6 is 0 Å². The molecule has 13 heteroatoms. The summed E-state index contributed by atoms with van der Waals surface area (Å²) in [5.74, 6) is 3.32. The molecule has 0 aliphatic carbocycles. The van der Waals surface area contributed by atoms with Gasteiger partial charge < -0.3 is 15.0 Å². The number of nitrogens with zero attached hydrogens (tertiary/aromatic N) is 5. The van der Waals surface area contributed by atoms with Crippen molar-refractivity contribution < 1.29 is 22.7 Å². The normalized spacial score (nSPS) is 16.5. The van der Waals surface area contributed by atoms with Gasteiger partial charge in [0.1, 0.15) is 0 Å². The molecule has 1 atom stereocenters. The number of nitrogens with one attached hydrogen (secondary N) is 1. The molecule has 0 aromatic carbocycles. The van der Waals surface area contributed by atoms with Crippen LogP contribution in [0, 0.1) is 11.8 Å². The van der Waals surface area contributed by atoms with E-state index in [0.717, 1.165) is 11.0 Å². The molecular formula is C20H25F3N6O4. The standard InChI is InChI=1S/C20H25F3N6O4/c1-4-6-9-28-14-15(29(10-7-5-2)19(32)26(3)16(14)30)25-18(28)27-11-8-24-12-13(27)33-17(31)20(21,22)23/h13,24H,5,7-12H2,1-3H3. The number of anilines is 1. The average Bonchev–Trinajstić information content (AvgIpc) is 3.15. The molecule has 33 heavy (non-hydrogen) atoms. The Bertz CT molecular complexity index is 1220. The second kappa shape index (κ2) is 9.70. The number of esters is 1. The SMILES string of the molecule is CC#CCn1c(N2CCNCC2OC(=O)C(F)(F)F)nc2c1c(=O)n(C)c(=O)n2CCCC. The Morgan fingerprint density at radius 3 is 2.67 bits per heavy atom.